The number of benzene rings is 2. The first-order valence-electron chi connectivity index (χ1n) is 6.92. The van der Waals surface area contributed by atoms with Gasteiger partial charge in [-0.2, -0.15) is 0 Å². The van der Waals surface area contributed by atoms with Crippen LogP contribution in [-0.2, 0) is 6.61 Å². The third-order valence-electron chi connectivity index (χ3n) is 3.50. The first kappa shape index (κ1) is 15.3. The predicted octanol–water partition coefficient (Wildman–Crippen LogP) is 2.93. The Kier molecular flexibility index (Phi) is 4.14. The van der Waals surface area contributed by atoms with E-state index in [1.165, 1.54) is 0 Å². The Morgan fingerprint density at radius 2 is 1.96 bits per heavy atom. The van der Waals surface area contributed by atoms with Gasteiger partial charge in [-0.1, -0.05) is 35.9 Å². The number of pyridine rings is 1. The number of hydrogen-bond donors (Lipinski definition) is 3. The SMILES string of the molecule is O=C(Nc1cccc(Cl)c1)c1c(CO)c2ccccc2[nH]c1=O. The van der Waals surface area contributed by atoms with Crippen LogP contribution in [0.5, 0.6) is 0 Å². The Morgan fingerprint density at radius 1 is 1.17 bits per heavy atom. The highest BCUT2D eigenvalue weighted by atomic mass is 35.5. The molecule has 0 radical (unpaired) electrons. The highest BCUT2D eigenvalue weighted by molar-refractivity contribution is 6.31. The lowest BCUT2D eigenvalue weighted by Gasteiger charge is -2.11. The minimum Gasteiger partial charge on any atom is -0.392 e. The van der Waals surface area contributed by atoms with Gasteiger partial charge in [-0.05, 0) is 24.3 Å². The van der Waals surface area contributed by atoms with Gasteiger partial charge in [-0.25, -0.2) is 0 Å². The number of carbonyl (C=O) groups is 1. The van der Waals surface area contributed by atoms with E-state index in [-0.39, 0.29) is 5.56 Å². The summed E-state index contributed by atoms with van der Waals surface area (Å²) in [6, 6.07) is 13.6. The molecule has 1 heterocycles. The van der Waals surface area contributed by atoms with Crippen molar-refractivity contribution < 1.29 is 9.90 Å². The van der Waals surface area contributed by atoms with Crippen molar-refractivity contribution in [1.29, 1.82) is 0 Å². The molecule has 6 heteroatoms. The largest absolute Gasteiger partial charge is 0.392 e. The number of rotatable bonds is 3. The molecule has 3 N–H and O–H groups in total. The summed E-state index contributed by atoms with van der Waals surface area (Å²) >= 11 is 5.88. The van der Waals surface area contributed by atoms with Crippen LogP contribution in [0.15, 0.2) is 53.3 Å². The highest BCUT2D eigenvalue weighted by Gasteiger charge is 2.19. The zero-order valence-electron chi connectivity index (χ0n) is 12.0. The zero-order chi connectivity index (χ0) is 16.4. The van der Waals surface area contributed by atoms with Crippen LogP contribution in [0.3, 0.4) is 0 Å². The van der Waals surface area contributed by atoms with E-state index in [0.29, 0.717) is 27.2 Å². The Labute approximate surface area is 136 Å². The Hall–Kier alpha value is -2.63. The van der Waals surface area contributed by atoms with Gasteiger partial charge < -0.3 is 15.4 Å². The molecule has 116 valence electrons. The number of aromatic nitrogens is 1. The number of H-pyrrole nitrogens is 1. The maximum absolute atomic E-state index is 12.5. The van der Waals surface area contributed by atoms with E-state index in [4.69, 9.17) is 11.6 Å². The molecule has 2 aromatic carbocycles. The van der Waals surface area contributed by atoms with Crippen LogP contribution < -0.4 is 10.9 Å². The van der Waals surface area contributed by atoms with Gasteiger partial charge in [0.2, 0.25) is 0 Å². The average Bonchev–Trinajstić information content (AvgIpc) is 2.53. The van der Waals surface area contributed by atoms with Crippen molar-refractivity contribution in [3.63, 3.8) is 0 Å². The summed E-state index contributed by atoms with van der Waals surface area (Å²) in [7, 11) is 0. The molecule has 0 spiro atoms. The molecule has 0 bridgehead atoms. The smallest absolute Gasteiger partial charge is 0.261 e. The molecule has 1 amide bonds. The Balaban J connectivity index is 2.10. The van der Waals surface area contributed by atoms with Gasteiger partial charge in [0.1, 0.15) is 5.56 Å². The molecular weight excluding hydrogens is 316 g/mol. The molecule has 0 saturated carbocycles. The van der Waals surface area contributed by atoms with Crippen LogP contribution in [0.25, 0.3) is 10.9 Å². The summed E-state index contributed by atoms with van der Waals surface area (Å²) in [5.74, 6) is -0.594. The molecule has 0 aliphatic rings. The summed E-state index contributed by atoms with van der Waals surface area (Å²) < 4.78 is 0. The number of hydrogen-bond acceptors (Lipinski definition) is 3. The molecule has 0 atom stereocenters. The second kappa shape index (κ2) is 6.24. The molecule has 0 aliphatic heterocycles. The number of amides is 1. The predicted molar refractivity (Wildman–Crippen MR) is 89.9 cm³/mol. The Bertz CT molecular complexity index is 950. The van der Waals surface area contributed by atoms with Crippen LogP contribution in [0.4, 0.5) is 5.69 Å². The van der Waals surface area contributed by atoms with Crippen LogP contribution >= 0.6 is 11.6 Å². The van der Waals surface area contributed by atoms with Gasteiger partial charge in [-0.15, -0.1) is 0 Å². The standard InChI is InChI=1S/C17H13ClN2O3/c18-10-4-3-5-11(8-10)19-16(22)15-13(9-21)12-6-1-2-7-14(12)20-17(15)23/h1-8,21H,9H2,(H,19,22)(H,20,23). The summed E-state index contributed by atoms with van der Waals surface area (Å²) in [5.41, 5.74) is 0.683. The summed E-state index contributed by atoms with van der Waals surface area (Å²) in [6.45, 7) is -0.414. The molecule has 5 nitrogen and oxygen atoms in total. The van der Waals surface area contributed by atoms with Crippen molar-refractivity contribution in [1.82, 2.24) is 4.98 Å². The van der Waals surface area contributed by atoms with Crippen molar-refractivity contribution >= 4 is 34.1 Å². The van der Waals surface area contributed by atoms with Crippen molar-refractivity contribution in [2.45, 2.75) is 6.61 Å². The molecule has 0 aliphatic carbocycles. The molecule has 3 rings (SSSR count). The van der Waals surface area contributed by atoms with Crippen molar-refractivity contribution in [3.8, 4) is 0 Å². The number of fused-ring (bicyclic) bond motifs is 1. The van der Waals surface area contributed by atoms with Gasteiger partial charge >= 0.3 is 0 Å². The highest BCUT2D eigenvalue weighted by Crippen LogP contribution is 2.20. The van der Waals surface area contributed by atoms with Crippen molar-refractivity contribution in [2.75, 3.05) is 5.32 Å². The first-order valence-corrected chi connectivity index (χ1v) is 7.29. The normalized spacial score (nSPS) is 10.7. The fourth-order valence-corrected chi connectivity index (χ4v) is 2.67. The van der Waals surface area contributed by atoms with E-state index in [2.05, 4.69) is 10.3 Å². The number of carbonyl (C=O) groups excluding carboxylic acids is 1. The second-order valence-corrected chi connectivity index (χ2v) is 5.41. The number of anilines is 1. The molecule has 3 aromatic rings. The number of aliphatic hydroxyl groups excluding tert-OH is 1. The maximum atomic E-state index is 12.5. The van der Waals surface area contributed by atoms with Crippen molar-refractivity contribution in [3.05, 3.63) is 75.0 Å². The number of aromatic amines is 1. The lowest BCUT2D eigenvalue weighted by atomic mass is 10.0. The number of halogens is 1. The van der Waals surface area contributed by atoms with E-state index in [1.54, 1.807) is 48.5 Å². The minimum atomic E-state index is -0.594. The average molecular weight is 329 g/mol. The molecule has 0 unspecified atom stereocenters. The topological polar surface area (TPSA) is 82.2 Å². The number of aliphatic hydroxyl groups is 1. The fourth-order valence-electron chi connectivity index (χ4n) is 2.48. The lowest BCUT2D eigenvalue weighted by Crippen LogP contribution is -2.26. The van der Waals surface area contributed by atoms with Gasteiger partial charge in [-0.3, -0.25) is 9.59 Å². The lowest BCUT2D eigenvalue weighted by molar-refractivity contribution is 0.102. The first-order chi connectivity index (χ1) is 11.1. The summed E-state index contributed by atoms with van der Waals surface area (Å²) in [4.78, 5) is 27.4. The number of nitrogens with one attached hydrogen (secondary N) is 2. The van der Waals surface area contributed by atoms with Gasteiger partial charge in [0.15, 0.2) is 0 Å². The van der Waals surface area contributed by atoms with Crippen molar-refractivity contribution in [2.24, 2.45) is 0 Å². The van der Waals surface area contributed by atoms with E-state index >= 15 is 0 Å². The van der Waals surface area contributed by atoms with Gasteiger partial charge in [0, 0.05) is 27.2 Å². The number of para-hydroxylation sites is 1. The van der Waals surface area contributed by atoms with E-state index in [0.717, 1.165) is 0 Å². The molecular formula is C17H13ClN2O3. The van der Waals surface area contributed by atoms with E-state index in [1.807, 2.05) is 0 Å². The van der Waals surface area contributed by atoms with Gasteiger partial charge in [0.25, 0.3) is 11.5 Å². The van der Waals surface area contributed by atoms with Crippen LogP contribution in [-0.4, -0.2) is 16.0 Å². The monoisotopic (exact) mass is 328 g/mol. The zero-order valence-corrected chi connectivity index (χ0v) is 12.7. The maximum Gasteiger partial charge on any atom is 0.261 e. The third-order valence-corrected chi connectivity index (χ3v) is 3.73. The fraction of sp³-hybridized carbons (Fsp3) is 0.0588. The molecule has 0 saturated heterocycles. The minimum absolute atomic E-state index is 0.105. The third kappa shape index (κ3) is 2.97. The van der Waals surface area contributed by atoms with E-state index < -0.39 is 18.1 Å². The summed E-state index contributed by atoms with van der Waals surface area (Å²) in [5, 5.41) is 13.4. The second-order valence-electron chi connectivity index (χ2n) is 4.98. The van der Waals surface area contributed by atoms with Gasteiger partial charge in [0.05, 0.1) is 6.61 Å². The quantitative estimate of drug-likeness (QED) is 0.691. The van der Waals surface area contributed by atoms with E-state index in [9.17, 15) is 14.7 Å². The molecule has 1 aromatic heterocycles. The molecule has 0 fully saturated rings. The summed E-state index contributed by atoms with van der Waals surface area (Å²) in [6.07, 6.45) is 0. The Morgan fingerprint density at radius 3 is 2.70 bits per heavy atom. The van der Waals surface area contributed by atoms with Crippen LogP contribution in [0.2, 0.25) is 5.02 Å². The van der Waals surface area contributed by atoms with Crippen LogP contribution in [0.1, 0.15) is 15.9 Å². The molecule has 23 heavy (non-hydrogen) atoms. The van der Waals surface area contributed by atoms with Crippen LogP contribution in [0, 0.1) is 0 Å².